The zero-order valence-electron chi connectivity index (χ0n) is 12.8. The first-order valence-electron chi connectivity index (χ1n) is 8.40. The first-order chi connectivity index (χ1) is 10.2. The van der Waals surface area contributed by atoms with E-state index < -0.39 is 0 Å². The smallest absolute Gasteiger partial charge is 0.308 e. The van der Waals surface area contributed by atoms with Gasteiger partial charge in [-0.2, -0.15) is 0 Å². The molecule has 118 valence electrons. The maximum absolute atomic E-state index is 12.4. The Bertz CT molecular complexity index is 404. The van der Waals surface area contributed by atoms with Gasteiger partial charge in [0, 0.05) is 18.1 Å². The van der Waals surface area contributed by atoms with Crippen LogP contribution in [0.2, 0.25) is 0 Å². The van der Waals surface area contributed by atoms with Crippen molar-refractivity contribution in [1.82, 2.24) is 10.6 Å². The molecule has 0 aromatic heterocycles. The molecule has 1 amide bonds. The number of esters is 1. The largest absolute Gasteiger partial charge is 0.466 e. The first-order valence-corrected chi connectivity index (χ1v) is 8.40. The van der Waals surface area contributed by atoms with Crippen LogP contribution >= 0.6 is 0 Å². The topological polar surface area (TPSA) is 67.4 Å². The van der Waals surface area contributed by atoms with Crippen molar-refractivity contribution >= 4 is 11.9 Å². The van der Waals surface area contributed by atoms with Gasteiger partial charge < -0.3 is 15.4 Å². The van der Waals surface area contributed by atoms with Gasteiger partial charge in [0.1, 0.15) is 0 Å². The number of ether oxygens (including phenoxy) is 1. The number of carbonyl (C=O) groups excluding carboxylic acids is 2. The van der Waals surface area contributed by atoms with Crippen LogP contribution in [0.1, 0.15) is 51.9 Å². The molecule has 0 aromatic carbocycles. The van der Waals surface area contributed by atoms with Gasteiger partial charge in [0.25, 0.3) is 0 Å². The fourth-order valence-corrected chi connectivity index (χ4v) is 4.16. The Morgan fingerprint density at radius 3 is 2.48 bits per heavy atom. The monoisotopic (exact) mass is 294 g/mol. The van der Waals surface area contributed by atoms with Gasteiger partial charge in [0.2, 0.25) is 5.91 Å². The molecule has 21 heavy (non-hydrogen) atoms. The van der Waals surface area contributed by atoms with Crippen molar-refractivity contribution in [3.05, 3.63) is 0 Å². The van der Waals surface area contributed by atoms with Gasteiger partial charge in [0.05, 0.1) is 18.4 Å². The number of hydrogen-bond donors (Lipinski definition) is 2. The molecule has 1 saturated carbocycles. The molecule has 3 rings (SSSR count). The van der Waals surface area contributed by atoms with Crippen LogP contribution < -0.4 is 10.6 Å². The molecule has 5 nitrogen and oxygen atoms in total. The van der Waals surface area contributed by atoms with Gasteiger partial charge >= 0.3 is 5.97 Å². The van der Waals surface area contributed by atoms with Crippen LogP contribution in [0.25, 0.3) is 0 Å². The highest BCUT2D eigenvalue weighted by molar-refractivity contribution is 5.80. The third kappa shape index (κ3) is 3.23. The van der Waals surface area contributed by atoms with Crippen LogP contribution in [0.5, 0.6) is 0 Å². The number of fused-ring (bicyclic) bond motifs is 2. The van der Waals surface area contributed by atoms with Gasteiger partial charge in [-0.3, -0.25) is 9.59 Å². The molecule has 2 bridgehead atoms. The quantitative estimate of drug-likeness (QED) is 0.768. The summed E-state index contributed by atoms with van der Waals surface area (Å²) in [6, 6.07) is 1.19. The summed E-state index contributed by atoms with van der Waals surface area (Å²) in [6.45, 7) is 2.29. The Hall–Kier alpha value is -1.10. The zero-order chi connectivity index (χ0) is 14.8. The number of nitrogens with one attached hydrogen (secondary N) is 2. The number of rotatable bonds is 4. The van der Waals surface area contributed by atoms with Crippen LogP contribution in [0.15, 0.2) is 0 Å². The van der Waals surface area contributed by atoms with Crippen molar-refractivity contribution in [2.75, 3.05) is 6.61 Å². The Morgan fingerprint density at radius 1 is 1.14 bits per heavy atom. The van der Waals surface area contributed by atoms with Crippen molar-refractivity contribution in [1.29, 1.82) is 0 Å². The van der Waals surface area contributed by atoms with Gasteiger partial charge in [0.15, 0.2) is 0 Å². The molecule has 1 aliphatic carbocycles. The molecule has 2 saturated heterocycles. The minimum Gasteiger partial charge on any atom is -0.466 e. The molecule has 0 spiro atoms. The second-order valence-electron chi connectivity index (χ2n) is 6.70. The maximum Gasteiger partial charge on any atom is 0.308 e. The van der Waals surface area contributed by atoms with E-state index in [9.17, 15) is 9.59 Å². The predicted octanol–water partition coefficient (Wildman–Crippen LogP) is 1.36. The molecule has 3 atom stereocenters. The van der Waals surface area contributed by atoms with Crippen LogP contribution in [-0.2, 0) is 14.3 Å². The van der Waals surface area contributed by atoms with E-state index in [1.807, 2.05) is 6.92 Å². The van der Waals surface area contributed by atoms with Crippen molar-refractivity contribution in [2.24, 2.45) is 11.8 Å². The summed E-state index contributed by atoms with van der Waals surface area (Å²) in [5, 5.41) is 6.72. The molecule has 2 heterocycles. The molecule has 0 radical (unpaired) electrons. The van der Waals surface area contributed by atoms with Crippen LogP contribution in [0.3, 0.4) is 0 Å². The average Bonchev–Trinajstić information content (AvgIpc) is 3.11. The number of amides is 1. The summed E-state index contributed by atoms with van der Waals surface area (Å²) < 4.78 is 5.08. The maximum atomic E-state index is 12.4. The molecule has 3 unspecified atom stereocenters. The molecule has 0 aromatic rings. The molecule has 3 fully saturated rings. The minimum atomic E-state index is -0.0698. The van der Waals surface area contributed by atoms with E-state index >= 15 is 0 Å². The molecular formula is C16H26N2O3. The van der Waals surface area contributed by atoms with E-state index in [-0.39, 0.29) is 29.8 Å². The van der Waals surface area contributed by atoms with Crippen molar-refractivity contribution < 1.29 is 14.3 Å². The SMILES string of the molecule is CCOC(=O)C1CCC(NC(=O)C2CC3CCC2N3)CC1. The average molecular weight is 294 g/mol. The molecule has 5 heteroatoms. The predicted molar refractivity (Wildman–Crippen MR) is 78.6 cm³/mol. The standard InChI is InChI=1S/C16H26N2O3/c1-2-21-16(20)10-3-5-11(6-4-10)18-15(19)13-9-12-7-8-14(13)17-12/h10-14,17H,2-9H2,1H3,(H,18,19). The van der Waals surface area contributed by atoms with E-state index in [0.717, 1.165) is 38.5 Å². The second kappa shape index (κ2) is 6.34. The summed E-state index contributed by atoms with van der Waals surface area (Å²) in [7, 11) is 0. The molecule has 2 N–H and O–H groups in total. The summed E-state index contributed by atoms with van der Waals surface area (Å²) in [5.41, 5.74) is 0. The van der Waals surface area contributed by atoms with Gasteiger partial charge in [-0.1, -0.05) is 0 Å². The lowest BCUT2D eigenvalue weighted by atomic mass is 9.84. The van der Waals surface area contributed by atoms with Crippen LogP contribution in [0, 0.1) is 11.8 Å². The summed E-state index contributed by atoms with van der Waals surface area (Å²) >= 11 is 0. The Morgan fingerprint density at radius 2 is 1.90 bits per heavy atom. The molecule has 3 aliphatic rings. The number of hydrogen-bond acceptors (Lipinski definition) is 4. The highest BCUT2D eigenvalue weighted by Gasteiger charge is 2.43. The van der Waals surface area contributed by atoms with Crippen molar-refractivity contribution in [3.63, 3.8) is 0 Å². The van der Waals surface area contributed by atoms with Crippen LogP contribution in [0.4, 0.5) is 0 Å². The van der Waals surface area contributed by atoms with Gasteiger partial charge in [-0.05, 0) is 51.9 Å². The summed E-state index contributed by atoms with van der Waals surface area (Å²) in [4.78, 5) is 24.1. The van der Waals surface area contributed by atoms with E-state index in [2.05, 4.69) is 10.6 Å². The van der Waals surface area contributed by atoms with Gasteiger partial charge in [-0.15, -0.1) is 0 Å². The van der Waals surface area contributed by atoms with Crippen LogP contribution in [-0.4, -0.2) is 36.6 Å². The van der Waals surface area contributed by atoms with Crippen molar-refractivity contribution in [3.8, 4) is 0 Å². The van der Waals surface area contributed by atoms with E-state index in [4.69, 9.17) is 4.74 Å². The van der Waals surface area contributed by atoms with Crippen molar-refractivity contribution in [2.45, 2.75) is 70.0 Å². The second-order valence-corrected chi connectivity index (χ2v) is 6.70. The lowest BCUT2D eigenvalue weighted by Gasteiger charge is -2.29. The lowest BCUT2D eigenvalue weighted by molar-refractivity contribution is -0.149. The highest BCUT2D eigenvalue weighted by Crippen LogP contribution is 2.34. The molecular weight excluding hydrogens is 268 g/mol. The highest BCUT2D eigenvalue weighted by atomic mass is 16.5. The fraction of sp³-hybridized carbons (Fsp3) is 0.875. The Balaban J connectivity index is 1.43. The molecule has 2 aliphatic heterocycles. The Kier molecular flexibility index (Phi) is 4.48. The van der Waals surface area contributed by atoms with E-state index in [0.29, 0.717) is 18.7 Å². The van der Waals surface area contributed by atoms with E-state index in [1.54, 1.807) is 0 Å². The lowest BCUT2D eigenvalue weighted by Crippen LogP contribution is -2.44. The zero-order valence-corrected chi connectivity index (χ0v) is 12.8. The fourth-order valence-electron chi connectivity index (χ4n) is 4.16. The third-order valence-electron chi connectivity index (χ3n) is 5.33. The third-order valence-corrected chi connectivity index (χ3v) is 5.33. The Labute approximate surface area is 126 Å². The summed E-state index contributed by atoms with van der Waals surface area (Å²) in [5.74, 6) is 0.336. The first kappa shape index (κ1) is 14.8. The number of carbonyl (C=O) groups is 2. The normalized spacial score (nSPS) is 38.2. The van der Waals surface area contributed by atoms with E-state index in [1.165, 1.54) is 6.42 Å². The summed E-state index contributed by atoms with van der Waals surface area (Å²) in [6.07, 6.45) is 6.80. The van der Waals surface area contributed by atoms with Gasteiger partial charge in [-0.25, -0.2) is 0 Å². The minimum absolute atomic E-state index is 0.0299.